The number of hydrogen-bond acceptors (Lipinski definition) is 4. The summed E-state index contributed by atoms with van der Waals surface area (Å²) >= 11 is 3.37. The molecule has 2 nitrogen and oxygen atoms in total. The number of aliphatic hydroxyl groups is 2. The SMILES string of the molecule is CCSC(SCC)[C@@H](O)CO. The molecule has 0 amide bonds. The van der Waals surface area contributed by atoms with Gasteiger partial charge in [0, 0.05) is 0 Å². The van der Waals surface area contributed by atoms with Gasteiger partial charge in [-0.1, -0.05) is 13.8 Å². The molecule has 0 heterocycles. The lowest BCUT2D eigenvalue weighted by Gasteiger charge is -2.18. The molecule has 0 bridgehead atoms. The molecule has 0 radical (unpaired) electrons. The predicted molar refractivity (Wildman–Crippen MR) is 53.1 cm³/mol. The number of rotatable bonds is 6. The van der Waals surface area contributed by atoms with E-state index in [9.17, 15) is 5.11 Å². The fourth-order valence-electron chi connectivity index (χ4n) is 0.685. The largest absolute Gasteiger partial charge is 0.394 e. The lowest BCUT2D eigenvalue weighted by atomic mass is 10.4. The summed E-state index contributed by atoms with van der Waals surface area (Å²) in [6, 6.07) is 0. The first-order valence-electron chi connectivity index (χ1n) is 3.78. The summed E-state index contributed by atoms with van der Waals surface area (Å²) in [6.45, 7) is 3.97. The van der Waals surface area contributed by atoms with Gasteiger partial charge in [-0.25, -0.2) is 0 Å². The van der Waals surface area contributed by atoms with Crippen molar-refractivity contribution < 1.29 is 10.2 Å². The first-order chi connectivity index (χ1) is 5.26. The summed E-state index contributed by atoms with van der Waals surface area (Å²) in [7, 11) is 0. The Morgan fingerprint density at radius 3 is 1.91 bits per heavy atom. The zero-order valence-electron chi connectivity index (χ0n) is 6.99. The third kappa shape index (κ3) is 4.95. The molecule has 0 aromatic carbocycles. The van der Waals surface area contributed by atoms with Crippen molar-refractivity contribution in [3.63, 3.8) is 0 Å². The van der Waals surface area contributed by atoms with Gasteiger partial charge >= 0.3 is 0 Å². The maximum Gasteiger partial charge on any atom is 0.0980 e. The van der Waals surface area contributed by atoms with Gasteiger partial charge in [0.05, 0.1) is 17.3 Å². The minimum absolute atomic E-state index is 0.134. The van der Waals surface area contributed by atoms with Crippen LogP contribution in [-0.2, 0) is 0 Å². The quantitative estimate of drug-likeness (QED) is 0.626. The molecule has 0 aliphatic rings. The number of aliphatic hydroxyl groups excluding tert-OH is 2. The molecule has 0 aliphatic carbocycles. The molecule has 0 aliphatic heterocycles. The maximum absolute atomic E-state index is 9.29. The van der Waals surface area contributed by atoms with Crippen LogP contribution in [0.4, 0.5) is 0 Å². The zero-order valence-corrected chi connectivity index (χ0v) is 8.62. The van der Waals surface area contributed by atoms with E-state index in [2.05, 4.69) is 13.8 Å². The van der Waals surface area contributed by atoms with Crippen LogP contribution in [0.5, 0.6) is 0 Å². The Labute approximate surface area is 76.8 Å². The summed E-state index contributed by atoms with van der Waals surface area (Å²) in [6.07, 6.45) is -0.579. The maximum atomic E-state index is 9.29. The van der Waals surface area contributed by atoms with Crippen LogP contribution in [0.15, 0.2) is 0 Å². The van der Waals surface area contributed by atoms with Crippen molar-refractivity contribution in [2.24, 2.45) is 0 Å². The van der Waals surface area contributed by atoms with Gasteiger partial charge in [0.2, 0.25) is 0 Å². The second kappa shape index (κ2) is 7.28. The highest BCUT2D eigenvalue weighted by atomic mass is 32.2. The van der Waals surface area contributed by atoms with Gasteiger partial charge in [-0.3, -0.25) is 0 Å². The Morgan fingerprint density at radius 1 is 1.18 bits per heavy atom. The Bertz CT molecular complexity index is 84.5. The van der Waals surface area contributed by atoms with Crippen LogP contribution in [0.3, 0.4) is 0 Å². The summed E-state index contributed by atoms with van der Waals surface area (Å²) in [5.41, 5.74) is 0. The Hall–Kier alpha value is 0.620. The molecular formula is C7H16O2S2. The molecule has 0 rings (SSSR count). The van der Waals surface area contributed by atoms with Crippen molar-refractivity contribution in [3.05, 3.63) is 0 Å². The molecule has 0 saturated carbocycles. The third-order valence-corrected chi connectivity index (χ3v) is 3.93. The minimum Gasteiger partial charge on any atom is -0.394 e. The van der Waals surface area contributed by atoms with Crippen molar-refractivity contribution in [3.8, 4) is 0 Å². The summed E-state index contributed by atoms with van der Waals surface area (Å²) in [5.74, 6) is 1.96. The van der Waals surface area contributed by atoms with Crippen molar-refractivity contribution in [2.45, 2.75) is 24.5 Å². The van der Waals surface area contributed by atoms with Gasteiger partial charge in [0.25, 0.3) is 0 Å². The van der Waals surface area contributed by atoms with Gasteiger partial charge in [0.1, 0.15) is 0 Å². The number of hydrogen-bond donors (Lipinski definition) is 2. The fourth-order valence-corrected chi connectivity index (χ4v) is 3.16. The molecule has 0 spiro atoms. The lowest BCUT2D eigenvalue weighted by molar-refractivity contribution is 0.108. The topological polar surface area (TPSA) is 40.5 Å². The van der Waals surface area contributed by atoms with E-state index in [4.69, 9.17) is 5.11 Å². The predicted octanol–water partition coefficient (Wildman–Crippen LogP) is 1.17. The highest BCUT2D eigenvalue weighted by Crippen LogP contribution is 2.26. The van der Waals surface area contributed by atoms with Gasteiger partial charge in [0.15, 0.2) is 0 Å². The van der Waals surface area contributed by atoms with Gasteiger partial charge in [-0.05, 0) is 11.5 Å². The summed E-state index contributed by atoms with van der Waals surface area (Å²) in [4.78, 5) is 0. The molecule has 0 aromatic heterocycles. The normalized spacial score (nSPS) is 13.9. The van der Waals surface area contributed by atoms with Crippen LogP contribution in [0.2, 0.25) is 0 Å². The molecule has 68 valence electrons. The monoisotopic (exact) mass is 196 g/mol. The first kappa shape index (κ1) is 11.6. The lowest BCUT2D eigenvalue weighted by Crippen LogP contribution is -2.24. The minimum atomic E-state index is -0.579. The smallest absolute Gasteiger partial charge is 0.0980 e. The van der Waals surface area contributed by atoms with Crippen molar-refractivity contribution >= 4 is 23.5 Å². The highest BCUT2D eigenvalue weighted by molar-refractivity contribution is 8.17. The van der Waals surface area contributed by atoms with E-state index in [0.717, 1.165) is 11.5 Å². The van der Waals surface area contributed by atoms with Crippen LogP contribution in [0, 0.1) is 0 Å². The summed E-state index contributed by atoms with van der Waals surface area (Å²) in [5, 5.41) is 18.0. The van der Waals surface area contributed by atoms with E-state index in [-0.39, 0.29) is 11.2 Å². The molecular weight excluding hydrogens is 180 g/mol. The van der Waals surface area contributed by atoms with E-state index < -0.39 is 6.10 Å². The fraction of sp³-hybridized carbons (Fsp3) is 1.00. The first-order valence-corrected chi connectivity index (χ1v) is 5.88. The molecule has 11 heavy (non-hydrogen) atoms. The Balaban J connectivity index is 3.66. The van der Waals surface area contributed by atoms with Crippen LogP contribution in [-0.4, -0.2) is 39.0 Å². The molecule has 0 fully saturated rings. The molecule has 2 N–H and O–H groups in total. The van der Waals surface area contributed by atoms with Crippen LogP contribution < -0.4 is 0 Å². The average Bonchev–Trinajstić information content (AvgIpc) is 2.03. The third-order valence-electron chi connectivity index (χ3n) is 1.16. The van der Waals surface area contributed by atoms with Crippen molar-refractivity contribution in [2.75, 3.05) is 18.1 Å². The Kier molecular flexibility index (Phi) is 7.69. The second-order valence-corrected chi connectivity index (χ2v) is 5.16. The molecule has 1 atom stereocenters. The standard InChI is InChI=1S/C7H16O2S2/c1-3-10-7(11-4-2)6(9)5-8/h6-9H,3-5H2,1-2H3/t6-/m0/s1. The van der Waals surface area contributed by atoms with Gasteiger partial charge < -0.3 is 10.2 Å². The van der Waals surface area contributed by atoms with Crippen molar-refractivity contribution in [1.29, 1.82) is 0 Å². The van der Waals surface area contributed by atoms with Gasteiger partial charge in [-0.2, -0.15) is 0 Å². The van der Waals surface area contributed by atoms with E-state index in [1.165, 1.54) is 0 Å². The van der Waals surface area contributed by atoms with E-state index in [1.54, 1.807) is 23.5 Å². The van der Waals surface area contributed by atoms with Crippen LogP contribution in [0.25, 0.3) is 0 Å². The van der Waals surface area contributed by atoms with Crippen LogP contribution >= 0.6 is 23.5 Å². The highest BCUT2D eigenvalue weighted by Gasteiger charge is 2.17. The van der Waals surface area contributed by atoms with Crippen LogP contribution in [0.1, 0.15) is 13.8 Å². The van der Waals surface area contributed by atoms with E-state index in [1.807, 2.05) is 0 Å². The average molecular weight is 196 g/mol. The zero-order chi connectivity index (χ0) is 8.69. The molecule has 0 aromatic rings. The summed E-state index contributed by atoms with van der Waals surface area (Å²) < 4.78 is 0.134. The molecule has 0 saturated heterocycles. The van der Waals surface area contributed by atoms with E-state index in [0.29, 0.717) is 0 Å². The van der Waals surface area contributed by atoms with Crippen molar-refractivity contribution in [1.82, 2.24) is 0 Å². The molecule has 0 unspecified atom stereocenters. The van der Waals surface area contributed by atoms with Gasteiger partial charge in [-0.15, -0.1) is 23.5 Å². The number of thioether (sulfide) groups is 2. The Morgan fingerprint density at radius 2 is 1.64 bits per heavy atom. The molecule has 4 heteroatoms. The second-order valence-electron chi connectivity index (χ2n) is 2.03. The van der Waals surface area contributed by atoms with E-state index >= 15 is 0 Å².